The normalized spacial score (nSPS) is 23.5. The van der Waals surface area contributed by atoms with Crippen molar-refractivity contribution >= 4 is 16.7 Å². The molecular weight excluding hydrogens is 286 g/mol. The van der Waals surface area contributed by atoms with Gasteiger partial charge in [-0.1, -0.05) is 18.6 Å². The van der Waals surface area contributed by atoms with E-state index < -0.39 is 10.8 Å². The Kier molecular flexibility index (Phi) is 5.94. The molecule has 1 saturated carbocycles. The summed E-state index contributed by atoms with van der Waals surface area (Å²) < 4.78 is 11.2. The summed E-state index contributed by atoms with van der Waals surface area (Å²) in [5.74, 6) is 0.735. The summed E-state index contributed by atoms with van der Waals surface area (Å²) in [4.78, 5) is 12.2. The fourth-order valence-electron chi connectivity index (χ4n) is 2.82. The van der Waals surface area contributed by atoms with Crippen LogP contribution in [-0.4, -0.2) is 34.1 Å². The number of hydrogen-bond acceptors (Lipinski definition) is 3. The first-order chi connectivity index (χ1) is 10.0. The van der Waals surface area contributed by atoms with Crippen LogP contribution in [0.2, 0.25) is 0 Å². The number of aliphatic hydroxyl groups excluding tert-OH is 1. The van der Waals surface area contributed by atoms with Crippen molar-refractivity contribution in [2.24, 2.45) is 5.92 Å². The van der Waals surface area contributed by atoms with Gasteiger partial charge in [-0.15, -0.1) is 0 Å². The van der Waals surface area contributed by atoms with Crippen LogP contribution in [0.25, 0.3) is 0 Å². The number of carbonyl (C=O) groups is 1. The maximum atomic E-state index is 12.2. The van der Waals surface area contributed by atoms with Crippen molar-refractivity contribution in [2.75, 3.05) is 12.8 Å². The maximum Gasteiger partial charge on any atom is 0.251 e. The van der Waals surface area contributed by atoms with Crippen LogP contribution >= 0.6 is 0 Å². The first-order valence-corrected chi connectivity index (χ1v) is 9.12. The van der Waals surface area contributed by atoms with E-state index in [2.05, 4.69) is 5.32 Å². The first kappa shape index (κ1) is 16.2. The molecule has 1 fully saturated rings. The molecule has 116 valence electrons. The highest BCUT2D eigenvalue weighted by atomic mass is 32.2. The average Bonchev–Trinajstić information content (AvgIpc) is 2.44. The van der Waals surface area contributed by atoms with E-state index in [9.17, 15) is 14.1 Å². The summed E-state index contributed by atoms with van der Waals surface area (Å²) in [7, 11) is -0.909. The molecule has 0 bridgehead atoms. The molecule has 5 heteroatoms. The second kappa shape index (κ2) is 7.71. The number of nitrogens with one attached hydrogen (secondary N) is 1. The molecule has 1 amide bonds. The van der Waals surface area contributed by atoms with Gasteiger partial charge in [0.2, 0.25) is 0 Å². The standard InChI is InChI=1S/C16H23NO3S/c1-21(20)11-13-5-2-6-14(8-13)16(19)17-10-12-4-3-7-15(18)9-12/h2,5-6,8,12,15,18H,3-4,7,9-11H2,1H3,(H,17,19). The van der Waals surface area contributed by atoms with Gasteiger partial charge in [0.15, 0.2) is 0 Å². The Morgan fingerprint density at radius 1 is 1.43 bits per heavy atom. The van der Waals surface area contributed by atoms with Gasteiger partial charge in [-0.2, -0.15) is 0 Å². The zero-order chi connectivity index (χ0) is 15.2. The van der Waals surface area contributed by atoms with Gasteiger partial charge in [-0.05, 0) is 42.9 Å². The minimum absolute atomic E-state index is 0.0983. The topological polar surface area (TPSA) is 66.4 Å². The highest BCUT2D eigenvalue weighted by molar-refractivity contribution is 7.83. The minimum atomic E-state index is -0.909. The molecule has 4 nitrogen and oxygen atoms in total. The Hall–Kier alpha value is -1.20. The first-order valence-electron chi connectivity index (χ1n) is 7.40. The van der Waals surface area contributed by atoms with E-state index in [-0.39, 0.29) is 12.0 Å². The van der Waals surface area contributed by atoms with Crippen LogP contribution in [0.3, 0.4) is 0 Å². The Labute approximate surface area is 128 Å². The molecule has 3 unspecified atom stereocenters. The summed E-state index contributed by atoms with van der Waals surface area (Å²) >= 11 is 0. The number of rotatable bonds is 5. The van der Waals surface area contributed by atoms with Gasteiger partial charge in [0.25, 0.3) is 5.91 Å². The average molecular weight is 309 g/mol. The fraction of sp³-hybridized carbons (Fsp3) is 0.562. The van der Waals surface area contributed by atoms with Crippen LogP contribution in [0.1, 0.15) is 41.6 Å². The molecule has 1 aliphatic carbocycles. The molecule has 0 aromatic heterocycles. The Morgan fingerprint density at radius 3 is 2.95 bits per heavy atom. The lowest BCUT2D eigenvalue weighted by molar-refractivity contribution is 0.0873. The van der Waals surface area contributed by atoms with Gasteiger partial charge >= 0.3 is 0 Å². The number of amides is 1. The van der Waals surface area contributed by atoms with Crippen molar-refractivity contribution in [1.29, 1.82) is 0 Å². The van der Waals surface area contributed by atoms with Gasteiger partial charge in [0.05, 0.1) is 6.10 Å². The highest BCUT2D eigenvalue weighted by Crippen LogP contribution is 2.23. The summed E-state index contributed by atoms with van der Waals surface area (Å²) in [5, 5.41) is 12.6. The second-order valence-corrected chi connectivity index (χ2v) is 7.25. The zero-order valence-electron chi connectivity index (χ0n) is 12.4. The lowest BCUT2D eigenvalue weighted by Crippen LogP contribution is -2.33. The maximum absolute atomic E-state index is 12.2. The molecule has 1 aromatic rings. The predicted molar refractivity (Wildman–Crippen MR) is 84.5 cm³/mol. The molecule has 2 N–H and O–H groups in total. The van der Waals surface area contributed by atoms with Gasteiger partial charge in [-0.25, -0.2) is 0 Å². The molecule has 21 heavy (non-hydrogen) atoms. The molecule has 1 aromatic carbocycles. The SMILES string of the molecule is CS(=O)Cc1cccc(C(=O)NCC2CCCC(O)C2)c1. The van der Waals surface area contributed by atoms with E-state index in [1.807, 2.05) is 12.1 Å². The van der Waals surface area contributed by atoms with Crippen molar-refractivity contribution in [3.8, 4) is 0 Å². The lowest BCUT2D eigenvalue weighted by atomic mass is 9.87. The van der Waals surface area contributed by atoms with E-state index >= 15 is 0 Å². The van der Waals surface area contributed by atoms with Gasteiger partial charge in [-0.3, -0.25) is 9.00 Å². The quantitative estimate of drug-likeness (QED) is 0.872. The van der Waals surface area contributed by atoms with Crippen LogP contribution in [0.5, 0.6) is 0 Å². The van der Waals surface area contributed by atoms with Crippen LogP contribution in [0.15, 0.2) is 24.3 Å². The minimum Gasteiger partial charge on any atom is -0.393 e. The lowest BCUT2D eigenvalue weighted by Gasteiger charge is -2.25. The molecule has 3 atom stereocenters. The number of carbonyl (C=O) groups excluding carboxylic acids is 1. The van der Waals surface area contributed by atoms with Crippen molar-refractivity contribution in [3.05, 3.63) is 35.4 Å². The van der Waals surface area contributed by atoms with E-state index in [0.717, 1.165) is 31.2 Å². The second-order valence-electron chi connectivity index (χ2n) is 5.81. The zero-order valence-corrected chi connectivity index (χ0v) is 13.2. The summed E-state index contributed by atoms with van der Waals surface area (Å²) in [6.45, 7) is 0.611. The smallest absolute Gasteiger partial charge is 0.251 e. The number of hydrogen-bond donors (Lipinski definition) is 2. The third-order valence-corrected chi connectivity index (χ3v) is 4.61. The molecule has 0 saturated heterocycles. The highest BCUT2D eigenvalue weighted by Gasteiger charge is 2.20. The van der Waals surface area contributed by atoms with Gasteiger partial charge < -0.3 is 10.4 Å². The van der Waals surface area contributed by atoms with Crippen LogP contribution in [-0.2, 0) is 16.6 Å². The molecule has 2 rings (SSSR count). The van der Waals surface area contributed by atoms with Crippen molar-refractivity contribution < 1.29 is 14.1 Å². The Balaban J connectivity index is 1.89. The molecule has 0 aliphatic heterocycles. The summed E-state index contributed by atoms with van der Waals surface area (Å²) in [6.07, 6.45) is 5.17. The van der Waals surface area contributed by atoms with Crippen molar-refractivity contribution in [2.45, 2.75) is 37.5 Å². The predicted octanol–water partition coefficient (Wildman–Crippen LogP) is 1.85. The van der Waals surface area contributed by atoms with Gasteiger partial charge in [0.1, 0.15) is 0 Å². The Bertz CT molecular complexity index is 518. The van der Waals surface area contributed by atoms with Gasteiger partial charge in [0, 0.05) is 34.9 Å². The summed E-state index contributed by atoms with van der Waals surface area (Å²) in [6, 6.07) is 7.27. The number of benzene rings is 1. The third kappa shape index (κ3) is 5.25. The molecule has 1 aliphatic rings. The molecular formula is C16H23NO3S. The molecule has 0 spiro atoms. The van der Waals surface area contributed by atoms with Crippen LogP contribution < -0.4 is 5.32 Å². The van der Waals surface area contributed by atoms with Crippen molar-refractivity contribution in [3.63, 3.8) is 0 Å². The number of aliphatic hydroxyl groups is 1. The van der Waals surface area contributed by atoms with E-state index in [4.69, 9.17) is 0 Å². The summed E-state index contributed by atoms with van der Waals surface area (Å²) in [5.41, 5.74) is 1.52. The fourth-order valence-corrected chi connectivity index (χ4v) is 3.47. The van der Waals surface area contributed by atoms with E-state index in [0.29, 0.717) is 23.8 Å². The van der Waals surface area contributed by atoms with Crippen LogP contribution in [0, 0.1) is 5.92 Å². The monoisotopic (exact) mass is 309 g/mol. The van der Waals surface area contributed by atoms with E-state index in [1.165, 1.54) is 0 Å². The molecule has 0 radical (unpaired) electrons. The van der Waals surface area contributed by atoms with Crippen molar-refractivity contribution in [1.82, 2.24) is 5.32 Å². The largest absolute Gasteiger partial charge is 0.393 e. The Morgan fingerprint density at radius 2 is 2.24 bits per heavy atom. The van der Waals surface area contributed by atoms with E-state index in [1.54, 1.807) is 18.4 Å². The molecule has 0 heterocycles. The third-order valence-electron chi connectivity index (χ3n) is 3.87. The van der Waals surface area contributed by atoms with Crippen LogP contribution in [0.4, 0.5) is 0 Å².